The third-order valence-corrected chi connectivity index (χ3v) is 2.75. The van der Waals surface area contributed by atoms with Gasteiger partial charge in [0.15, 0.2) is 0 Å². The molecule has 0 aliphatic carbocycles. The summed E-state index contributed by atoms with van der Waals surface area (Å²) in [7, 11) is 1.63. The first kappa shape index (κ1) is 13.1. The predicted molar refractivity (Wildman–Crippen MR) is 68.3 cm³/mol. The highest BCUT2D eigenvalue weighted by Gasteiger charge is 2.04. The molecule has 0 spiro atoms. The van der Waals surface area contributed by atoms with Gasteiger partial charge in [-0.05, 0) is 18.6 Å². The Balaban J connectivity index is 2.40. The fourth-order valence-corrected chi connectivity index (χ4v) is 1.79. The molecule has 1 aromatic carbocycles. The lowest BCUT2D eigenvalue weighted by atomic mass is 10.2. The van der Waals surface area contributed by atoms with E-state index < -0.39 is 0 Å². The van der Waals surface area contributed by atoms with Crippen LogP contribution in [0.25, 0.3) is 0 Å². The maximum absolute atomic E-state index is 11.0. The van der Waals surface area contributed by atoms with Gasteiger partial charge < -0.3 is 10.6 Å². The molecule has 88 valence electrons. The Labute approximate surface area is 105 Å². The molecule has 3 nitrogen and oxygen atoms in total. The SMILES string of the molecule is CNC(=O)CCCNc1c(Cl)cccc1Cl. The van der Waals surface area contributed by atoms with Crippen molar-refractivity contribution in [2.75, 3.05) is 18.9 Å². The number of nitrogens with one attached hydrogen (secondary N) is 2. The Morgan fingerprint density at radius 2 is 1.94 bits per heavy atom. The highest BCUT2D eigenvalue weighted by molar-refractivity contribution is 6.39. The molecule has 5 heteroatoms. The first-order valence-electron chi connectivity index (χ1n) is 5.03. The molecular weight excluding hydrogens is 247 g/mol. The Bertz CT molecular complexity index is 349. The van der Waals surface area contributed by atoms with Gasteiger partial charge in [-0.25, -0.2) is 0 Å². The van der Waals surface area contributed by atoms with Crippen molar-refractivity contribution in [3.63, 3.8) is 0 Å². The number of benzene rings is 1. The largest absolute Gasteiger partial charge is 0.383 e. The maximum atomic E-state index is 11.0. The summed E-state index contributed by atoms with van der Waals surface area (Å²) in [5.41, 5.74) is 0.725. The average Bonchev–Trinajstić information content (AvgIpc) is 2.27. The maximum Gasteiger partial charge on any atom is 0.219 e. The monoisotopic (exact) mass is 260 g/mol. The van der Waals surface area contributed by atoms with Gasteiger partial charge in [-0.2, -0.15) is 0 Å². The zero-order valence-electron chi connectivity index (χ0n) is 9.02. The summed E-state index contributed by atoms with van der Waals surface area (Å²) < 4.78 is 0. The number of carbonyl (C=O) groups is 1. The van der Waals surface area contributed by atoms with E-state index in [9.17, 15) is 4.79 Å². The predicted octanol–water partition coefficient (Wildman–Crippen LogP) is 2.93. The van der Waals surface area contributed by atoms with E-state index in [-0.39, 0.29) is 5.91 Å². The zero-order valence-corrected chi connectivity index (χ0v) is 10.5. The molecule has 2 N–H and O–H groups in total. The molecule has 0 fully saturated rings. The summed E-state index contributed by atoms with van der Waals surface area (Å²) in [5.74, 6) is 0.0343. The van der Waals surface area contributed by atoms with Crippen LogP contribution in [0.4, 0.5) is 5.69 Å². The average molecular weight is 261 g/mol. The molecule has 0 aliphatic rings. The van der Waals surface area contributed by atoms with E-state index >= 15 is 0 Å². The van der Waals surface area contributed by atoms with E-state index in [2.05, 4.69) is 10.6 Å². The molecule has 0 aromatic heterocycles. The van der Waals surface area contributed by atoms with E-state index in [0.717, 1.165) is 12.1 Å². The molecule has 1 aromatic rings. The normalized spacial score (nSPS) is 9.94. The summed E-state index contributed by atoms with van der Waals surface area (Å²) in [6, 6.07) is 5.34. The van der Waals surface area contributed by atoms with Crippen LogP contribution in [0.2, 0.25) is 10.0 Å². The number of rotatable bonds is 5. The van der Waals surface area contributed by atoms with Crippen LogP contribution in [0.15, 0.2) is 18.2 Å². The highest BCUT2D eigenvalue weighted by Crippen LogP contribution is 2.29. The summed E-state index contributed by atoms with van der Waals surface area (Å²) in [6.07, 6.45) is 1.23. The summed E-state index contributed by atoms with van der Waals surface area (Å²) >= 11 is 11.9. The van der Waals surface area contributed by atoms with Crippen LogP contribution < -0.4 is 10.6 Å². The van der Waals surface area contributed by atoms with Gasteiger partial charge in [-0.3, -0.25) is 4.79 Å². The molecular formula is C11H14Cl2N2O. The van der Waals surface area contributed by atoms with Gasteiger partial charge in [0.1, 0.15) is 0 Å². The van der Waals surface area contributed by atoms with E-state index in [4.69, 9.17) is 23.2 Å². The lowest BCUT2D eigenvalue weighted by Gasteiger charge is -2.09. The first-order chi connectivity index (χ1) is 7.65. The lowest BCUT2D eigenvalue weighted by molar-refractivity contribution is -0.120. The third kappa shape index (κ3) is 3.91. The topological polar surface area (TPSA) is 41.1 Å². The lowest BCUT2D eigenvalue weighted by Crippen LogP contribution is -2.18. The molecule has 0 radical (unpaired) electrons. The van der Waals surface area contributed by atoms with Gasteiger partial charge in [-0.1, -0.05) is 29.3 Å². The molecule has 0 unspecified atom stereocenters. The number of amides is 1. The first-order valence-corrected chi connectivity index (χ1v) is 5.79. The van der Waals surface area contributed by atoms with Gasteiger partial charge in [0.05, 0.1) is 15.7 Å². The Hall–Kier alpha value is -0.930. The molecule has 0 saturated carbocycles. The quantitative estimate of drug-likeness (QED) is 0.800. The summed E-state index contributed by atoms with van der Waals surface area (Å²) in [5, 5.41) is 6.86. The fraction of sp³-hybridized carbons (Fsp3) is 0.364. The summed E-state index contributed by atoms with van der Waals surface area (Å²) in [4.78, 5) is 11.0. The van der Waals surface area contributed by atoms with Gasteiger partial charge in [0, 0.05) is 20.0 Å². The van der Waals surface area contributed by atoms with Crippen molar-refractivity contribution in [3.05, 3.63) is 28.2 Å². The van der Waals surface area contributed by atoms with Crippen LogP contribution in [-0.2, 0) is 4.79 Å². The van der Waals surface area contributed by atoms with Crippen LogP contribution >= 0.6 is 23.2 Å². The standard InChI is InChI=1S/C11H14Cl2N2O/c1-14-10(16)6-3-7-15-11-8(12)4-2-5-9(11)13/h2,4-5,15H,3,6-7H2,1H3,(H,14,16). The fourth-order valence-electron chi connectivity index (χ4n) is 1.25. The number of anilines is 1. The molecule has 1 rings (SSSR count). The Kier molecular flexibility index (Phi) is 5.43. The molecule has 0 aliphatic heterocycles. The van der Waals surface area contributed by atoms with E-state index in [1.165, 1.54) is 0 Å². The van der Waals surface area contributed by atoms with Crippen LogP contribution in [0.5, 0.6) is 0 Å². The number of halogens is 2. The minimum absolute atomic E-state index is 0.0343. The van der Waals surface area contributed by atoms with Crippen molar-refractivity contribution in [1.82, 2.24) is 5.32 Å². The second-order valence-corrected chi connectivity index (χ2v) is 4.11. The van der Waals surface area contributed by atoms with Crippen molar-refractivity contribution in [2.24, 2.45) is 0 Å². The third-order valence-electron chi connectivity index (χ3n) is 2.12. The summed E-state index contributed by atoms with van der Waals surface area (Å²) in [6.45, 7) is 0.664. The van der Waals surface area contributed by atoms with Crippen molar-refractivity contribution < 1.29 is 4.79 Å². The van der Waals surface area contributed by atoms with E-state index in [0.29, 0.717) is 23.0 Å². The Morgan fingerprint density at radius 3 is 2.50 bits per heavy atom. The zero-order chi connectivity index (χ0) is 12.0. The van der Waals surface area contributed by atoms with E-state index in [1.807, 2.05) is 0 Å². The molecule has 16 heavy (non-hydrogen) atoms. The molecule has 0 atom stereocenters. The van der Waals surface area contributed by atoms with Crippen molar-refractivity contribution in [3.8, 4) is 0 Å². The number of para-hydroxylation sites is 1. The smallest absolute Gasteiger partial charge is 0.219 e. The molecule has 1 amide bonds. The van der Waals surface area contributed by atoms with Crippen LogP contribution in [0, 0.1) is 0 Å². The van der Waals surface area contributed by atoms with Gasteiger partial charge in [0.2, 0.25) is 5.91 Å². The Morgan fingerprint density at radius 1 is 1.31 bits per heavy atom. The minimum Gasteiger partial charge on any atom is -0.383 e. The van der Waals surface area contributed by atoms with Gasteiger partial charge in [0.25, 0.3) is 0 Å². The number of hydrogen-bond donors (Lipinski definition) is 2. The second kappa shape index (κ2) is 6.61. The minimum atomic E-state index is 0.0343. The van der Waals surface area contributed by atoms with Crippen LogP contribution in [0.1, 0.15) is 12.8 Å². The van der Waals surface area contributed by atoms with Crippen LogP contribution in [-0.4, -0.2) is 19.5 Å². The number of carbonyl (C=O) groups excluding carboxylic acids is 1. The molecule has 0 bridgehead atoms. The van der Waals surface area contributed by atoms with Gasteiger partial charge >= 0.3 is 0 Å². The van der Waals surface area contributed by atoms with Gasteiger partial charge in [-0.15, -0.1) is 0 Å². The molecule has 0 saturated heterocycles. The molecule has 0 heterocycles. The van der Waals surface area contributed by atoms with E-state index in [1.54, 1.807) is 25.2 Å². The van der Waals surface area contributed by atoms with Crippen molar-refractivity contribution in [2.45, 2.75) is 12.8 Å². The second-order valence-electron chi connectivity index (χ2n) is 3.30. The number of hydrogen-bond acceptors (Lipinski definition) is 2. The highest BCUT2D eigenvalue weighted by atomic mass is 35.5. The van der Waals surface area contributed by atoms with Crippen molar-refractivity contribution >= 4 is 34.8 Å². The van der Waals surface area contributed by atoms with Crippen LogP contribution in [0.3, 0.4) is 0 Å². The van der Waals surface area contributed by atoms with Crippen molar-refractivity contribution in [1.29, 1.82) is 0 Å².